The molecular formula is C28H36N5O14P. The number of nitrogens with one attached hydrogen (secondary N) is 1. The van der Waals surface area contributed by atoms with E-state index in [9.17, 15) is 38.8 Å². The highest BCUT2D eigenvalue weighted by Crippen LogP contribution is 2.54. The third-order valence-electron chi connectivity index (χ3n) is 8.41. The van der Waals surface area contributed by atoms with Gasteiger partial charge in [0.05, 0.1) is 44.4 Å². The summed E-state index contributed by atoms with van der Waals surface area (Å²) in [5.41, 5.74) is -3.13. The molecule has 1 unspecified atom stereocenters. The fraction of sp³-hybridized carbons (Fsp3) is 0.679. The fourth-order valence-electron chi connectivity index (χ4n) is 5.99. The minimum Gasteiger partial charge on any atom is -0.459 e. The molecule has 1 aromatic rings. The largest absolute Gasteiger partial charge is 0.475 e. The Kier molecular flexibility index (Phi) is 10.5. The van der Waals surface area contributed by atoms with Crippen molar-refractivity contribution in [2.45, 2.75) is 101 Å². The number of nitrogens with zero attached hydrogens (tertiary/aromatic N) is 4. The zero-order valence-electron chi connectivity index (χ0n) is 26.3. The molecule has 0 radical (unpaired) electrons. The second-order valence-corrected chi connectivity index (χ2v) is 13.6. The number of imide groups is 1. The Balaban J connectivity index is 1.60. The number of ether oxygens (including phenoxy) is 3. The Morgan fingerprint density at radius 1 is 1.21 bits per heavy atom. The van der Waals surface area contributed by atoms with Crippen molar-refractivity contribution >= 4 is 31.5 Å². The third kappa shape index (κ3) is 7.21. The first kappa shape index (κ1) is 35.7. The van der Waals surface area contributed by atoms with Crippen LogP contribution in [0.15, 0.2) is 11.0 Å². The van der Waals surface area contributed by atoms with Crippen molar-refractivity contribution in [3.05, 3.63) is 27.9 Å². The molecule has 5 aliphatic rings. The van der Waals surface area contributed by atoms with Crippen molar-refractivity contribution in [3.63, 3.8) is 0 Å². The van der Waals surface area contributed by atoms with Gasteiger partial charge in [-0.3, -0.25) is 37.9 Å². The van der Waals surface area contributed by atoms with Crippen molar-refractivity contribution in [2.24, 2.45) is 0 Å². The number of aryl methyl sites for hydroxylation is 1. The smallest absolute Gasteiger partial charge is 0.459 e. The number of aromatic nitrogens is 2. The van der Waals surface area contributed by atoms with Gasteiger partial charge in [0.1, 0.15) is 48.7 Å². The molecule has 6 rings (SSSR count). The number of fused-ring (bicyclic) bond motifs is 5. The van der Waals surface area contributed by atoms with E-state index >= 15 is 0 Å². The molecule has 9 atom stereocenters. The van der Waals surface area contributed by atoms with E-state index in [-0.39, 0.29) is 55.8 Å². The molecule has 0 spiro atoms. The lowest BCUT2D eigenvalue weighted by Gasteiger charge is -2.45. The highest BCUT2D eigenvalue weighted by Gasteiger charge is 2.57. The van der Waals surface area contributed by atoms with Crippen LogP contribution in [0.25, 0.3) is 0 Å². The molecular weight excluding hydrogens is 662 g/mol. The van der Waals surface area contributed by atoms with Gasteiger partial charge in [-0.15, -0.1) is 0 Å². The molecule has 0 aromatic carbocycles. The molecule has 3 amide bonds. The van der Waals surface area contributed by atoms with E-state index < -0.39 is 93.1 Å². The summed E-state index contributed by atoms with van der Waals surface area (Å²) in [5.74, 6) is -2.04. The number of ketones is 1. The summed E-state index contributed by atoms with van der Waals surface area (Å²) in [5, 5.41) is 32.7. The molecule has 6 heterocycles. The Morgan fingerprint density at radius 2 is 1.96 bits per heavy atom. The van der Waals surface area contributed by atoms with Gasteiger partial charge in [0.15, 0.2) is 5.60 Å². The summed E-state index contributed by atoms with van der Waals surface area (Å²) in [4.78, 5) is 68.9. The van der Waals surface area contributed by atoms with Crippen molar-refractivity contribution in [2.75, 3.05) is 19.8 Å². The first-order valence-electron chi connectivity index (χ1n) is 15.2. The van der Waals surface area contributed by atoms with Crippen LogP contribution >= 0.6 is 7.82 Å². The molecule has 6 bridgehead atoms. The molecule has 3 saturated heterocycles. The van der Waals surface area contributed by atoms with Gasteiger partial charge in [-0.2, -0.15) is 10.2 Å². The highest BCUT2D eigenvalue weighted by atomic mass is 31.2. The second-order valence-electron chi connectivity index (χ2n) is 12.0. The van der Waals surface area contributed by atoms with Gasteiger partial charge >= 0.3 is 25.5 Å². The summed E-state index contributed by atoms with van der Waals surface area (Å²) in [6.45, 7) is 2.33. The maximum absolute atomic E-state index is 14.0. The number of phosphoric acid groups is 1. The molecule has 262 valence electrons. The Morgan fingerprint density at radius 3 is 2.65 bits per heavy atom. The Bertz CT molecular complexity index is 1610. The zero-order valence-corrected chi connectivity index (χ0v) is 27.2. The predicted octanol–water partition coefficient (Wildman–Crippen LogP) is 0.0252. The minimum atomic E-state index is -4.62. The lowest BCUT2D eigenvalue weighted by atomic mass is 9.87. The first-order chi connectivity index (χ1) is 22.7. The van der Waals surface area contributed by atoms with Crippen molar-refractivity contribution in [1.29, 1.82) is 5.26 Å². The quantitative estimate of drug-likeness (QED) is 0.184. The molecule has 20 heteroatoms. The number of hydrogen-bond donors (Lipinski definition) is 3. The van der Waals surface area contributed by atoms with Crippen LogP contribution in [0.4, 0.5) is 4.79 Å². The van der Waals surface area contributed by atoms with Gasteiger partial charge in [0, 0.05) is 25.5 Å². The molecule has 0 aliphatic carbocycles. The number of hydrogen-bond acceptors (Lipinski definition) is 16. The van der Waals surface area contributed by atoms with E-state index in [1.54, 1.807) is 0 Å². The van der Waals surface area contributed by atoms with E-state index in [0.29, 0.717) is 0 Å². The summed E-state index contributed by atoms with van der Waals surface area (Å²) < 4.78 is 49.4. The fourth-order valence-corrected chi connectivity index (χ4v) is 7.38. The second kappa shape index (κ2) is 14.1. The van der Waals surface area contributed by atoms with E-state index in [2.05, 4.69) is 10.3 Å². The minimum absolute atomic E-state index is 0.0736. The summed E-state index contributed by atoms with van der Waals surface area (Å²) >= 11 is 0. The topological polar surface area (TPSA) is 255 Å². The summed E-state index contributed by atoms with van der Waals surface area (Å²) in [6.07, 6.45) is -6.72. The van der Waals surface area contributed by atoms with Crippen molar-refractivity contribution in [3.8, 4) is 6.07 Å². The number of amides is 3. The molecule has 3 fully saturated rings. The Hall–Kier alpha value is -3.60. The van der Waals surface area contributed by atoms with Gasteiger partial charge in [-0.05, 0) is 26.3 Å². The number of Topliss-reactive ketones (excluding diaryl/α,β-unsaturated/α-hetero) is 1. The van der Waals surface area contributed by atoms with Crippen molar-refractivity contribution in [1.82, 2.24) is 19.8 Å². The van der Waals surface area contributed by atoms with Crippen LogP contribution in [-0.2, 0) is 46.7 Å². The lowest BCUT2D eigenvalue weighted by Crippen LogP contribution is -2.67. The van der Waals surface area contributed by atoms with E-state index in [1.807, 2.05) is 6.07 Å². The van der Waals surface area contributed by atoms with Crippen LogP contribution in [0.5, 0.6) is 0 Å². The molecule has 5 aliphatic heterocycles. The molecule has 48 heavy (non-hydrogen) atoms. The molecule has 19 nitrogen and oxygen atoms in total. The van der Waals surface area contributed by atoms with Crippen LogP contribution in [0.1, 0.15) is 69.5 Å². The van der Waals surface area contributed by atoms with Gasteiger partial charge in [-0.1, -0.05) is 0 Å². The summed E-state index contributed by atoms with van der Waals surface area (Å²) in [6, 6.07) is -0.756. The number of carbonyl (C=O) groups is 4. The number of nitriles is 1. The van der Waals surface area contributed by atoms with Gasteiger partial charge in [0.2, 0.25) is 0 Å². The van der Waals surface area contributed by atoms with Crippen LogP contribution in [0.3, 0.4) is 0 Å². The number of esters is 1. The Labute approximate surface area is 273 Å². The highest BCUT2D eigenvalue weighted by molar-refractivity contribution is 7.48. The summed E-state index contributed by atoms with van der Waals surface area (Å²) in [7, 11) is -4.62. The first-order valence-corrected chi connectivity index (χ1v) is 16.6. The van der Waals surface area contributed by atoms with Gasteiger partial charge in [-0.25, -0.2) is 14.2 Å². The van der Waals surface area contributed by atoms with Crippen LogP contribution in [0.2, 0.25) is 0 Å². The lowest BCUT2D eigenvalue weighted by molar-refractivity contribution is -0.159. The number of aliphatic hydroxyl groups excluding tert-OH is 1. The van der Waals surface area contributed by atoms with Crippen molar-refractivity contribution < 1.29 is 61.7 Å². The normalized spacial score (nSPS) is 34.8. The number of carbonyl (C=O) groups excluding carboxylic acids is 4. The third-order valence-corrected chi connectivity index (χ3v) is 9.90. The number of phosphoric ester groups is 1. The monoisotopic (exact) mass is 698 g/mol. The predicted molar refractivity (Wildman–Crippen MR) is 155 cm³/mol. The SMILES string of the molecule is CC(=O)CCC(=O)O[C@H]1C[C@H]2O[C@@H]1COP(=O)(OCCC#N)O[C@H]1C[C@@H](O[C@@H]1CO)N1C(=O)NC(=O)[C@](C)(O)[C@@H]1c1[15n]c(=O)n2cc1C. The average Bonchev–Trinajstić information content (AvgIpc) is 3.60. The number of aliphatic hydroxyl groups is 2. The van der Waals surface area contributed by atoms with Gasteiger partial charge < -0.3 is 29.2 Å². The zero-order chi connectivity index (χ0) is 35.0. The molecule has 1 aromatic heterocycles. The molecule has 0 saturated carbocycles. The maximum atomic E-state index is 14.0. The maximum Gasteiger partial charge on any atom is 0.475 e. The molecule has 3 N–H and O–H groups in total. The van der Waals surface area contributed by atoms with E-state index in [1.165, 1.54) is 20.0 Å². The number of rotatable bonds is 8. The van der Waals surface area contributed by atoms with E-state index in [0.717, 1.165) is 16.4 Å². The number of urea groups is 1. The van der Waals surface area contributed by atoms with Gasteiger partial charge in [0.25, 0.3) is 5.91 Å². The average molecular weight is 699 g/mol. The van der Waals surface area contributed by atoms with Crippen LogP contribution in [0, 0.1) is 18.3 Å². The standard InChI is InChI=1S/C28H36N5O14P/c1-14-11-32-20-9-16(46-22(36)6-5-15(2)35)19(45-20)13-43-48(41,42-8-4-7-29)47-17-10-21(44-18(17)12-34)33-24(23(14)30-26(32)38)28(3,40)25(37)31-27(33)39/h11,16-21,24,34,40H,4-6,8-10,12-13H2,1-3H3,(H,31,37,39)/t16-,17-,18+,19+,20+,21+,24-,28+,48?/m0/s1/i30+1. The van der Waals surface area contributed by atoms with Crippen LogP contribution in [-0.4, -0.2) is 104 Å². The van der Waals surface area contributed by atoms with E-state index in [4.69, 9.17) is 33.0 Å². The van der Waals surface area contributed by atoms with Crippen LogP contribution < -0.4 is 11.0 Å².